The normalized spacial score (nSPS) is 17.2. The minimum absolute atomic E-state index is 0.192. The van der Waals surface area contributed by atoms with Crippen LogP contribution in [0.15, 0.2) is 23.1 Å². The first-order valence-electron chi connectivity index (χ1n) is 6.58. The number of methoxy groups -OCH3 is 1. The Balaban J connectivity index is 2.34. The Bertz CT molecular complexity index is 777. The highest BCUT2D eigenvalue weighted by molar-refractivity contribution is 8.26. The molecule has 1 heterocycles. The van der Waals surface area contributed by atoms with E-state index in [1.807, 2.05) is 0 Å². The molecule has 0 spiro atoms. The molecule has 8 nitrogen and oxygen atoms in total. The van der Waals surface area contributed by atoms with Gasteiger partial charge in [-0.15, -0.1) is 0 Å². The van der Waals surface area contributed by atoms with E-state index in [0.29, 0.717) is 5.56 Å². The fourth-order valence-corrected chi connectivity index (χ4v) is 3.44. The number of esters is 1. The van der Waals surface area contributed by atoms with Crippen molar-refractivity contribution in [3.63, 3.8) is 0 Å². The number of hydrogen-bond acceptors (Lipinski definition) is 8. The number of nitro groups is 1. The number of hydrogen-bond donors (Lipinski definition) is 1. The van der Waals surface area contributed by atoms with Crippen molar-refractivity contribution in [2.75, 3.05) is 7.11 Å². The van der Waals surface area contributed by atoms with Crippen LogP contribution in [0, 0.1) is 10.1 Å². The maximum absolute atomic E-state index is 12.4. The van der Waals surface area contributed by atoms with Crippen LogP contribution >= 0.6 is 24.0 Å². The van der Waals surface area contributed by atoms with E-state index in [4.69, 9.17) is 12.2 Å². The average Bonchev–Trinajstić information content (AvgIpc) is 2.81. The summed E-state index contributed by atoms with van der Waals surface area (Å²) >= 11 is 6.09. The number of aromatic hydroxyl groups is 1. The smallest absolute Gasteiger partial charge is 0.328 e. The zero-order chi connectivity index (χ0) is 18.0. The van der Waals surface area contributed by atoms with Crippen molar-refractivity contribution in [1.29, 1.82) is 0 Å². The number of amides is 1. The van der Waals surface area contributed by atoms with Crippen molar-refractivity contribution in [3.05, 3.63) is 38.8 Å². The van der Waals surface area contributed by atoms with Crippen LogP contribution in [-0.4, -0.2) is 44.3 Å². The van der Waals surface area contributed by atoms with Gasteiger partial charge < -0.3 is 9.84 Å². The van der Waals surface area contributed by atoms with Crippen molar-refractivity contribution < 1.29 is 24.4 Å². The molecule has 1 fully saturated rings. The van der Waals surface area contributed by atoms with Crippen molar-refractivity contribution in [2.24, 2.45) is 0 Å². The Morgan fingerprint density at radius 3 is 2.79 bits per heavy atom. The molecule has 1 aromatic carbocycles. The molecule has 0 aromatic heterocycles. The zero-order valence-corrected chi connectivity index (χ0v) is 14.2. The fraction of sp³-hybridized carbons (Fsp3) is 0.214. The summed E-state index contributed by atoms with van der Waals surface area (Å²) in [7, 11) is 1.21. The molecule has 1 N–H and O–H groups in total. The van der Waals surface area contributed by atoms with Crippen LogP contribution in [-0.2, 0) is 14.3 Å². The predicted molar refractivity (Wildman–Crippen MR) is 91.3 cm³/mol. The number of phenolic OH excluding ortho intramolecular Hbond substituents is 1. The van der Waals surface area contributed by atoms with Gasteiger partial charge in [-0.05, 0) is 24.6 Å². The number of nitrogens with zero attached hydrogens (tertiary/aromatic N) is 2. The van der Waals surface area contributed by atoms with Crippen LogP contribution in [0.1, 0.15) is 12.5 Å². The lowest BCUT2D eigenvalue weighted by molar-refractivity contribution is -0.385. The van der Waals surface area contributed by atoms with Gasteiger partial charge in [0.2, 0.25) is 0 Å². The first kappa shape index (κ1) is 17.9. The van der Waals surface area contributed by atoms with Crippen LogP contribution in [0.3, 0.4) is 0 Å². The molecule has 0 radical (unpaired) electrons. The van der Waals surface area contributed by atoms with Crippen LogP contribution < -0.4 is 0 Å². The Labute approximate surface area is 146 Å². The third-order valence-electron chi connectivity index (χ3n) is 3.25. The molecule has 10 heteroatoms. The number of ether oxygens (including phenoxy) is 1. The number of nitro benzene ring substituents is 1. The zero-order valence-electron chi connectivity index (χ0n) is 12.6. The molecule has 1 amide bonds. The molecule has 1 saturated heterocycles. The fourth-order valence-electron chi connectivity index (χ4n) is 2.02. The molecule has 0 aliphatic carbocycles. The summed E-state index contributed by atoms with van der Waals surface area (Å²) in [6.07, 6.45) is 1.41. The maximum Gasteiger partial charge on any atom is 0.328 e. The number of phenols is 1. The van der Waals surface area contributed by atoms with Crippen molar-refractivity contribution in [2.45, 2.75) is 13.0 Å². The lowest BCUT2D eigenvalue weighted by Crippen LogP contribution is -2.42. The molecule has 0 saturated carbocycles. The molecule has 24 heavy (non-hydrogen) atoms. The van der Waals surface area contributed by atoms with E-state index in [1.54, 1.807) is 0 Å². The van der Waals surface area contributed by atoms with E-state index in [0.717, 1.165) is 22.7 Å². The Kier molecular flexibility index (Phi) is 5.20. The topological polar surface area (TPSA) is 110 Å². The number of carbonyl (C=O) groups excluding carboxylic acids is 2. The second kappa shape index (κ2) is 6.97. The summed E-state index contributed by atoms with van der Waals surface area (Å²) in [5, 5.41) is 20.3. The molecule has 1 aromatic rings. The van der Waals surface area contributed by atoms with Crippen LogP contribution in [0.5, 0.6) is 5.75 Å². The van der Waals surface area contributed by atoms with E-state index in [9.17, 15) is 24.8 Å². The number of benzene rings is 1. The number of thiocarbonyl (C=S) groups is 1. The van der Waals surface area contributed by atoms with E-state index in [2.05, 4.69) is 4.74 Å². The van der Waals surface area contributed by atoms with Crippen molar-refractivity contribution >= 4 is 51.9 Å². The van der Waals surface area contributed by atoms with Crippen LogP contribution in [0.2, 0.25) is 0 Å². The van der Waals surface area contributed by atoms with Crippen molar-refractivity contribution in [3.8, 4) is 5.75 Å². The lowest BCUT2D eigenvalue weighted by Gasteiger charge is -2.20. The summed E-state index contributed by atoms with van der Waals surface area (Å²) in [4.78, 5) is 35.5. The SMILES string of the molecule is COC(=O)C(C)N1C(=O)/C(=C/c2ccc(O)c([N+](=O)[O-])c2)SC1=S. The average molecular weight is 368 g/mol. The summed E-state index contributed by atoms with van der Waals surface area (Å²) in [6, 6.07) is 2.87. The molecule has 1 aliphatic rings. The maximum atomic E-state index is 12.4. The second-order valence-electron chi connectivity index (χ2n) is 4.76. The van der Waals surface area contributed by atoms with E-state index in [-0.39, 0.29) is 9.23 Å². The molecular formula is C14H12N2O6S2. The number of thioether (sulfide) groups is 1. The summed E-state index contributed by atoms with van der Waals surface area (Å²) < 4.78 is 4.80. The Morgan fingerprint density at radius 1 is 1.54 bits per heavy atom. The van der Waals surface area contributed by atoms with Crippen LogP contribution in [0.4, 0.5) is 5.69 Å². The summed E-state index contributed by atoms with van der Waals surface area (Å²) in [6.45, 7) is 1.49. The van der Waals surface area contributed by atoms with Crippen LogP contribution in [0.25, 0.3) is 6.08 Å². The Morgan fingerprint density at radius 2 is 2.21 bits per heavy atom. The largest absolute Gasteiger partial charge is 0.502 e. The summed E-state index contributed by atoms with van der Waals surface area (Å²) in [5.74, 6) is -1.56. The van der Waals surface area contributed by atoms with Gasteiger partial charge in [0.1, 0.15) is 10.4 Å². The van der Waals surface area contributed by atoms with Gasteiger partial charge in [-0.2, -0.15) is 0 Å². The monoisotopic (exact) mass is 368 g/mol. The van der Waals surface area contributed by atoms with E-state index >= 15 is 0 Å². The van der Waals surface area contributed by atoms with Gasteiger partial charge in [0.15, 0.2) is 5.75 Å². The second-order valence-corrected chi connectivity index (χ2v) is 6.43. The molecule has 2 rings (SSSR count). The van der Waals surface area contributed by atoms with E-state index < -0.39 is 34.3 Å². The third kappa shape index (κ3) is 3.39. The lowest BCUT2D eigenvalue weighted by atomic mass is 10.1. The predicted octanol–water partition coefficient (Wildman–Crippen LogP) is 2.06. The molecule has 1 unspecified atom stereocenters. The highest BCUT2D eigenvalue weighted by Gasteiger charge is 2.38. The quantitative estimate of drug-likeness (QED) is 0.283. The first-order chi connectivity index (χ1) is 11.3. The third-order valence-corrected chi connectivity index (χ3v) is 4.58. The minimum Gasteiger partial charge on any atom is -0.502 e. The molecule has 1 aliphatic heterocycles. The van der Waals surface area contributed by atoms with Gasteiger partial charge in [-0.25, -0.2) is 4.79 Å². The Hall–Kier alpha value is -2.46. The van der Waals surface area contributed by atoms with Crippen molar-refractivity contribution in [1.82, 2.24) is 4.90 Å². The molecular weight excluding hydrogens is 356 g/mol. The number of carbonyl (C=O) groups is 2. The van der Waals surface area contributed by atoms with Gasteiger partial charge in [0.05, 0.1) is 16.9 Å². The highest BCUT2D eigenvalue weighted by atomic mass is 32.2. The summed E-state index contributed by atoms with van der Waals surface area (Å²) in [5.41, 5.74) is -0.118. The molecule has 126 valence electrons. The van der Waals surface area contributed by atoms with Gasteiger partial charge in [-0.1, -0.05) is 30.0 Å². The van der Waals surface area contributed by atoms with Gasteiger partial charge in [0.25, 0.3) is 5.91 Å². The van der Waals surface area contributed by atoms with E-state index in [1.165, 1.54) is 32.2 Å². The van der Waals surface area contributed by atoms with Gasteiger partial charge >= 0.3 is 11.7 Å². The minimum atomic E-state index is -0.873. The number of rotatable bonds is 4. The highest BCUT2D eigenvalue weighted by Crippen LogP contribution is 2.35. The van der Waals surface area contributed by atoms with Gasteiger partial charge in [0, 0.05) is 6.07 Å². The first-order valence-corrected chi connectivity index (χ1v) is 7.81. The van der Waals surface area contributed by atoms with Gasteiger partial charge in [-0.3, -0.25) is 19.8 Å². The standard InChI is InChI=1S/C14H12N2O6S2/c1-7(13(19)22-2)15-12(18)11(24-14(15)23)6-8-3-4-10(17)9(5-8)16(20)21/h3-7,17H,1-2H3/b11-6-. The molecule has 0 bridgehead atoms. The molecule has 1 atom stereocenters.